The third kappa shape index (κ3) is 1.53. The zero-order valence-corrected chi connectivity index (χ0v) is 10.1. The highest BCUT2D eigenvalue weighted by Gasteiger charge is 2.16. The first-order chi connectivity index (χ1) is 8.27. The van der Waals surface area contributed by atoms with Crippen molar-refractivity contribution in [2.24, 2.45) is 0 Å². The van der Waals surface area contributed by atoms with Gasteiger partial charge in [0.05, 0.1) is 14.1 Å². The molecule has 3 rings (SSSR count). The fraction of sp³-hybridized carbons (Fsp3) is 0.133. The molecule has 2 aromatic carbocycles. The van der Waals surface area contributed by atoms with E-state index in [4.69, 9.17) is 0 Å². The molecule has 0 atom stereocenters. The van der Waals surface area contributed by atoms with E-state index < -0.39 is 0 Å². The summed E-state index contributed by atoms with van der Waals surface area (Å²) in [4.78, 5) is 0. The number of nitrogens with zero attached hydrogens (tertiary/aromatic N) is 2. The molecule has 1 heterocycles. The van der Waals surface area contributed by atoms with Crippen LogP contribution in [0.2, 0.25) is 0 Å². The second kappa shape index (κ2) is 3.74. The highest BCUT2D eigenvalue weighted by molar-refractivity contribution is 5.88. The Labute approximate surface area is 101 Å². The van der Waals surface area contributed by atoms with Gasteiger partial charge in [0.15, 0.2) is 0 Å². The predicted molar refractivity (Wildman–Crippen MR) is 71.7 cm³/mol. The molecule has 17 heavy (non-hydrogen) atoms. The fourth-order valence-electron chi connectivity index (χ4n) is 2.33. The van der Waals surface area contributed by atoms with Gasteiger partial charge in [-0.05, 0) is 18.2 Å². The molecule has 1 aromatic heterocycles. The molecule has 2 heteroatoms. The normalized spacial score (nSPS) is 10.9. The van der Waals surface area contributed by atoms with Crippen LogP contribution in [0.25, 0.3) is 21.8 Å². The minimum atomic E-state index is 1.23. The largest absolute Gasteiger partial charge is 0.243 e. The lowest BCUT2D eigenvalue weighted by atomic mass is 10.1. The van der Waals surface area contributed by atoms with Crippen molar-refractivity contribution in [1.82, 2.24) is 0 Å². The zero-order chi connectivity index (χ0) is 11.8. The van der Waals surface area contributed by atoms with Crippen molar-refractivity contribution < 1.29 is 4.68 Å². The summed E-state index contributed by atoms with van der Waals surface area (Å²) in [5.41, 5.74) is 2.47. The standard InChI is InChI=1S/C15H15N2/c1-16(2)17-14-9-5-3-7-12(14)11-13-8-4-6-10-15(13)17/h3-11H,1-2H3/q+1. The quantitative estimate of drug-likeness (QED) is 0.454. The Kier molecular flexibility index (Phi) is 2.22. The average Bonchev–Trinajstić information content (AvgIpc) is 2.35. The molecule has 84 valence electrons. The van der Waals surface area contributed by atoms with E-state index in [0.717, 1.165) is 0 Å². The van der Waals surface area contributed by atoms with Gasteiger partial charge in [-0.25, -0.2) is 0 Å². The molecule has 0 radical (unpaired) electrons. The molecule has 0 saturated heterocycles. The van der Waals surface area contributed by atoms with Crippen LogP contribution in [0, 0.1) is 0 Å². The van der Waals surface area contributed by atoms with Gasteiger partial charge >= 0.3 is 0 Å². The number of aromatic nitrogens is 1. The third-order valence-electron chi connectivity index (χ3n) is 3.04. The summed E-state index contributed by atoms with van der Waals surface area (Å²) in [5.74, 6) is 0. The first kappa shape index (κ1) is 10.1. The lowest BCUT2D eigenvalue weighted by Crippen LogP contribution is -2.53. The van der Waals surface area contributed by atoms with Gasteiger partial charge in [-0.1, -0.05) is 28.9 Å². The average molecular weight is 223 g/mol. The minimum absolute atomic E-state index is 1.23. The molecule has 0 aliphatic carbocycles. The summed E-state index contributed by atoms with van der Waals surface area (Å²) in [6.45, 7) is 0. The van der Waals surface area contributed by atoms with E-state index in [2.05, 4.69) is 78.4 Å². The Hall–Kier alpha value is -2.09. The topological polar surface area (TPSA) is 7.12 Å². The van der Waals surface area contributed by atoms with E-state index >= 15 is 0 Å². The van der Waals surface area contributed by atoms with Crippen molar-refractivity contribution in [2.45, 2.75) is 0 Å². The molecular weight excluding hydrogens is 208 g/mol. The van der Waals surface area contributed by atoms with Crippen molar-refractivity contribution in [2.75, 3.05) is 19.1 Å². The SMILES string of the molecule is CN(C)[n+]1c2ccccc2cc2ccccc21. The van der Waals surface area contributed by atoms with Crippen LogP contribution >= 0.6 is 0 Å². The maximum Gasteiger partial charge on any atom is 0.243 e. The number of fused-ring (bicyclic) bond motifs is 2. The van der Waals surface area contributed by atoms with Gasteiger partial charge in [0, 0.05) is 22.9 Å². The van der Waals surface area contributed by atoms with Gasteiger partial charge in [0.1, 0.15) is 0 Å². The summed E-state index contributed by atoms with van der Waals surface area (Å²) in [5, 5.41) is 4.64. The van der Waals surface area contributed by atoms with Crippen LogP contribution in [-0.4, -0.2) is 14.1 Å². The van der Waals surface area contributed by atoms with Crippen LogP contribution < -0.4 is 9.69 Å². The van der Waals surface area contributed by atoms with E-state index in [0.29, 0.717) is 0 Å². The van der Waals surface area contributed by atoms with Crippen molar-refractivity contribution in [1.29, 1.82) is 0 Å². The monoisotopic (exact) mass is 223 g/mol. The Morgan fingerprint density at radius 1 is 0.765 bits per heavy atom. The predicted octanol–water partition coefficient (Wildman–Crippen LogP) is 2.48. The number of rotatable bonds is 1. The first-order valence-corrected chi connectivity index (χ1v) is 5.77. The molecule has 0 amide bonds. The van der Waals surface area contributed by atoms with Crippen LogP contribution in [0.15, 0.2) is 54.6 Å². The molecular formula is C15H15N2+. The first-order valence-electron chi connectivity index (χ1n) is 5.77. The minimum Gasteiger partial charge on any atom is -0.186 e. The maximum atomic E-state index is 2.24. The van der Waals surface area contributed by atoms with E-state index in [-0.39, 0.29) is 0 Å². The smallest absolute Gasteiger partial charge is 0.186 e. The van der Waals surface area contributed by atoms with Gasteiger partial charge in [-0.3, -0.25) is 0 Å². The van der Waals surface area contributed by atoms with Crippen molar-refractivity contribution >= 4 is 21.8 Å². The summed E-state index contributed by atoms with van der Waals surface area (Å²) in [6.07, 6.45) is 0. The number of pyridine rings is 1. The van der Waals surface area contributed by atoms with E-state index in [1.807, 2.05) is 0 Å². The summed E-state index contributed by atoms with van der Waals surface area (Å²) < 4.78 is 2.24. The Bertz CT molecular complexity index is 633. The lowest BCUT2D eigenvalue weighted by molar-refractivity contribution is -0.635. The molecule has 0 spiro atoms. The number of para-hydroxylation sites is 2. The molecule has 0 fully saturated rings. The third-order valence-corrected chi connectivity index (χ3v) is 3.04. The zero-order valence-electron chi connectivity index (χ0n) is 10.1. The highest BCUT2D eigenvalue weighted by Crippen LogP contribution is 2.17. The molecule has 0 unspecified atom stereocenters. The summed E-state index contributed by atoms with van der Waals surface area (Å²) >= 11 is 0. The van der Waals surface area contributed by atoms with Crippen molar-refractivity contribution in [3.05, 3.63) is 54.6 Å². The van der Waals surface area contributed by atoms with Crippen molar-refractivity contribution in [3.63, 3.8) is 0 Å². The van der Waals surface area contributed by atoms with Crippen LogP contribution in [0.3, 0.4) is 0 Å². The van der Waals surface area contributed by atoms with Crippen molar-refractivity contribution in [3.8, 4) is 0 Å². The van der Waals surface area contributed by atoms with Crippen LogP contribution in [0.4, 0.5) is 0 Å². The highest BCUT2D eigenvalue weighted by atomic mass is 15.5. The van der Waals surface area contributed by atoms with Gasteiger partial charge in [0.25, 0.3) is 0 Å². The van der Waals surface area contributed by atoms with Crippen LogP contribution in [-0.2, 0) is 0 Å². The molecule has 3 aromatic rings. The van der Waals surface area contributed by atoms with Crippen LogP contribution in [0.1, 0.15) is 0 Å². The van der Waals surface area contributed by atoms with Crippen LogP contribution in [0.5, 0.6) is 0 Å². The van der Waals surface area contributed by atoms with E-state index in [1.165, 1.54) is 21.8 Å². The second-order valence-corrected chi connectivity index (χ2v) is 4.42. The van der Waals surface area contributed by atoms with Gasteiger partial charge < -0.3 is 0 Å². The molecule has 0 aliphatic rings. The van der Waals surface area contributed by atoms with E-state index in [1.54, 1.807) is 0 Å². The summed E-state index contributed by atoms with van der Waals surface area (Å²) in [7, 11) is 4.14. The number of hydrogen-bond donors (Lipinski definition) is 0. The molecule has 0 saturated carbocycles. The van der Waals surface area contributed by atoms with E-state index in [9.17, 15) is 0 Å². The molecule has 0 N–H and O–H groups in total. The Morgan fingerprint density at radius 3 is 1.71 bits per heavy atom. The molecule has 0 bridgehead atoms. The second-order valence-electron chi connectivity index (χ2n) is 4.42. The Morgan fingerprint density at radius 2 is 1.24 bits per heavy atom. The van der Waals surface area contributed by atoms with Gasteiger partial charge in [-0.15, -0.1) is 0 Å². The lowest BCUT2D eigenvalue weighted by Gasteiger charge is -2.10. The van der Waals surface area contributed by atoms with Gasteiger partial charge in [0.2, 0.25) is 11.0 Å². The summed E-state index contributed by atoms with van der Waals surface area (Å²) in [6, 6.07) is 19.2. The molecule has 0 aliphatic heterocycles. The fourth-order valence-corrected chi connectivity index (χ4v) is 2.33. The number of benzene rings is 2. The van der Waals surface area contributed by atoms with Gasteiger partial charge in [-0.2, -0.15) is 5.01 Å². The maximum absolute atomic E-state index is 2.24. The molecule has 2 nitrogen and oxygen atoms in total. The number of hydrogen-bond acceptors (Lipinski definition) is 1. The Balaban J connectivity index is 2.56.